The molecule has 1 aromatic heterocycles. The molecule has 30 heavy (non-hydrogen) atoms. The highest BCUT2D eigenvalue weighted by molar-refractivity contribution is 5.86. The van der Waals surface area contributed by atoms with Gasteiger partial charge in [0.2, 0.25) is 0 Å². The maximum atomic E-state index is 11.8. The Labute approximate surface area is 189 Å². The lowest BCUT2D eigenvalue weighted by molar-refractivity contribution is 0.246. The lowest BCUT2D eigenvalue weighted by Gasteiger charge is -2.36. The average Bonchev–Trinajstić information content (AvgIpc) is 2.73. The van der Waals surface area contributed by atoms with Gasteiger partial charge < -0.3 is 14.4 Å². The van der Waals surface area contributed by atoms with Crippen LogP contribution in [0.4, 0.5) is 5.69 Å². The first-order chi connectivity index (χ1) is 13.6. The van der Waals surface area contributed by atoms with Crippen molar-refractivity contribution in [1.82, 2.24) is 4.90 Å². The minimum Gasteiger partial charge on any atom is -0.507 e. The van der Waals surface area contributed by atoms with E-state index in [4.69, 9.17) is 4.42 Å². The van der Waals surface area contributed by atoms with Gasteiger partial charge in [0.05, 0.1) is 0 Å². The van der Waals surface area contributed by atoms with E-state index >= 15 is 0 Å². The van der Waals surface area contributed by atoms with Gasteiger partial charge in [-0.25, -0.2) is 4.79 Å². The normalized spacial score (nSPS) is 14.3. The Bertz CT molecular complexity index is 1050. The number of para-hydroxylation sites is 1. The van der Waals surface area contributed by atoms with Crippen LogP contribution < -0.4 is 10.5 Å². The molecule has 1 N–H and O–H groups in total. The molecule has 0 saturated carbocycles. The molecule has 2 aromatic carbocycles. The smallest absolute Gasteiger partial charge is 0.336 e. The Morgan fingerprint density at radius 1 is 1.00 bits per heavy atom. The van der Waals surface area contributed by atoms with Crippen LogP contribution in [0.1, 0.15) is 23.6 Å². The van der Waals surface area contributed by atoms with Gasteiger partial charge in [-0.2, -0.15) is 0 Å². The zero-order valence-electron chi connectivity index (χ0n) is 17.3. The van der Waals surface area contributed by atoms with Gasteiger partial charge in [0.15, 0.2) is 0 Å². The third kappa shape index (κ3) is 4.75. The van der Waals surface area contributed by atoms with Crippen LogP contribution in [0.15, 0.2) is 51.7 Å². The van der Waals surface area contributed by atoms with Crippen LogP contribution in [0, 0.1) is 6.92 Å². The summed E-state index contributed by atoms with van der Waals surface area (Å²) in [6.45, 7) is 8.34. The molecule has 162 valence electrons. The topological polar surface area (TPSA) is 56.9 Å². The van der Waals surface area contributed by atoms with Gasteiger partial charge in [0.25, 0.3) is 0 Å². The number of phenolic OH excluding ortho intramolecular Hbond substituents is 1. The number of rotatable bonds is 4. The van der Waals surface area contributed by atoms with Gasteiger partial charge in [-0.15, -0.1) is 24.8 Å². The molecule has 0 radical (unpaired) electrons. The van der Waals surface area contributed by atoms with E-state index in [1.807, 2.05) is 26.0 Å². The Balaban J connectivity index is 0.00000160. The fourth-order valence-corrected chi connectivity index (χ4v) is 4.04. The summed E-state index contributed by atoms with van der Waals surface area (Å²) in [5.74, 6) is 0.231. The van der Waals surface area contributed by atoms with Crippen molar-refractivity contribution in [3.8, 4) is 5.75 Å². The van der Waals surface area contributed by atoms with Crippen molar-refractivity contribution in [1.29, 1.82) is 0 Å². The standard InChI is InChI=1S/C23H26N2O3.2ClH/c1-3-17-14-21(26)28-23-16(2)22(27)18(13-20(17)23)15-24-9-11-25(12-10-24)19-7-5-4-6-8-19;;/h4-8,13-14,27H,3,9-12,15H2,1-2H3;2*1H. The van der Waals surface area contributed by atoms with E-state index in [0.717, 1.165) is 49.1 Å². The number of nitrogens with zero attached hydrogens (tertiary/aromatic N) is 2. The lowest BCUT2D eigenvalue weighted by Crippen LogP contribution is -2.45. The number of benzene rings is 2. The van der Waals surface area contributed by atoms with E-state index in [2.05, 4.69) is 34.1 Å². The van der Waals surface area contributed by atoms with Crippen molar-refractivity contribution in [2.45, 2.75) is 26.8 Å². The molecule has 2 heterocycles. The summed E-state index contributed by atoms with van der Waals surface area (Å²) in [5.41, 5.74) is 3.89. The van der Waals surface area contributed by atoms with Gasteiger partial charge in [-0.1, -0.05) is 25.1 Å². The predicted octanol–water partition coefficient (Wildman–Crippen LogP) is 4.54. The van der Waals surface area contributed by atoms with Crippen LogP contribution >= 0.6 is 24.8 Å². The first-order valence-corrected chi connectivity index (χ1v) is 9.87. The van der Waals surface area contributed by atoms with Crippen molar-refractivity contribution in [2.24, 2.45) is 0 Å². The minimum atomic E-state index is -0.364. The van der Waals surface area contributed by atoms with Gasteiger partial charge in [0, 0.05) is 61.0 Å². The van der Waals surface area contributed by atoms with Gasteiger partial charge in [-0.05, 0) is 37.1 Å². The Kier molecular flexibility index (Phi) is 8.18. The molecule has 7 heteroatoms. The van der Waals surface area contributed by atoms with Crippen molar-refractivity contribution >= 4 is 41.5 Å². The lowest BCUT2D eigenvalue weighted by atomic mass is 10.00. The first kappa shape index (κ1) is 24.1. The number of piperazine rings is 1. The Morgan fingerprint density at radius 2 is 1.67 bits per heavy atom. The Hall–Kier alpha value is -2.21. The molecule has 1 aliphatic rings. The molecule has 0 spiro atoms. The molecule has 1 fully saturated rings. The Morgan fingerprint density at radius 3 is 2.30 bits per heavy atom. The molecule has 1 saturated heterocycles. The zero-order chi connectivity index (χ0) is 19.7. The molecule has 1 aliphatic heterocycles. The van der Waals surface area contributed by atoms with Gasteiger partial charge in [0.1, 0.15) is 11.3 Å². The van der Waals surface area contributed by atoms with E-state index in [0.29, 0.717) is 17.7 Å². The summed E-state index contributed by atoms with van der Waals surface area (Å²) < 4.78 is 5.39. The number of halogens is 2. The highest BCUT2D eigenvalue weighted by Gasteiger charge is 2.20. The summed E-state index contributed by atoms with van der Waals surface area (Å²) >= 11 is 0. The van der Waals surface area contributed by atoms with Crippen molar-refractivity contribution < 1.29 is 9.52 Å². The predicted molar refractivity (Wildman–Crippen MR) is 127 cm³/mol. The number of phenols is 1. The molecule has 0 unspecified atom stereocenters. The minimum absolute atomic E-state index is 0. The quantitative estimate of drug-likeness (QED) is 0.591. The van der Waals surface area contributed by atoms with Crippen LogP contribution in [0.25, 0.3) is 11.0 Å². The van der Waals surface area contributed by atoms with Gasteiger partial charge >= 0.3 is 5.63 Å². The van der Waals surface area contributed by atoms with Crippen molar-refractivity contribution in [2.75, 3.05) is 31.1 Å². The molecule has 5 nitrogen and oxygen atoms in total. The summed E-state index contributed by atoms with van der Waals surface area (Å²) in [5, 5.41) is 11.6. The summed E-state index contributed by atoms with van der Waals surface area (Å²) in [4.78, 5) is 16.6. The van der Waals surface area contributed by atoms with Gasteiger partial charge in [-0.3, -0.25) is 4.90 Å². The highest BCUT2D eigenvalue weighted by atomic mass is 35.5. The molecule has 0 atom stereocenters. The van der Waals surface area contributed by atoms with Crippen LogP contribution in [0.5, 0.6) is 5.75 Å². The van der Waals surface area contributed by atoms with Crippen LogP contribution in [-0.4, -0.2) is 36.2 Å². The molecule has 0 amide bonds. The van der Waals surface area contributed by atoms with E-state index < -0.39 is 0 Å². The summed E-state index contributed by atoms with van der Waals surface area (Å²) in [7, 11) is 0. The first-order valence-electron chi connectivity index (χ1n) is 9.87. The second-order valence-corrected chi connectivity index (χ2v) is 7.43. The summed E-state index contributed by atoms with van der Waals surface area (Å²) in [6, 6.07) is 14.0. The molecule has 4 rings (SSSR count). The SMILES string of the molecule is CCc1cc(=O)oc2c(C)c(O)c(CN3CCN(c4ccccc4)CC3)cc12.Cl.Cl. The second-order valence-electron chi connectivity index (χ2n) is 7.43. The number of fused-ring (bicyclic) bond motifs is 1. The molecular formula is C23H28Cl2N2O3. The third-order valence-electron chi connectivity index (χ3n) is 5.67. The number of aryl methyl sites for hydroxylation is 2. The van der Waals surface area contributed by atoms with Crippen molar-refractivity contribution in [3.05, 3.63) is 69.6 Å². The van der Waals surface area contributed by atoms with E-state index in [1.54, 1.807) is 6.07 Å². The summed E-state index contributed by atoms with van der Waals surface area (Å²) in [6.07, 6.45) is 0.751. The molecule has 0 bridgehead atoms. The van der Waals surface area contributed by atoms with E-state index in [1.165, 1.54) is 5.69 Å². The van der Waals surface area contributed by atoms with Crippen LogP contribution in [0.3, 0.4) is 0 Å². The maximum absolute atomic E-state index is 11.8. The highest BCUT2D eigenvalue weighted by Crippen LogP contribution is 2.33. The second kappa shape index (κ2) is 10.2. The average molecular weight is 451 g/mol. The maximum Gasteiger partial charge on any atom is 0.336 e. The molecule has 3 aromatic rings. The number of anilines is 1. The van der Waals surface area contributed by atoms with Crippen molar-refractivity contribution in [3.63, 3.8) is 0 Å². The number of hydrogen-bond acceptors (Lipinski definition) is 5. The monoisotopic (exact) mass is 450 g/mol. The molecular weight excluding hydrogens is 423 g/mol. The fourth-order valence-electron chi connectivity index (χ4n) is 4.04. The third-order valence-corrected chi connectivity index (χ3v) is 5.67. The van der Waals surface area contributed by atoms with E-state index in [9.17, 15) is 9.90 Å². The molecule has 0 aliphatic carbocycles. The fraction of sp³-hybridized carbons (Fsp3) is 0.348. The number of aromatic hydroxyl groups is 1. The van der Waals surface area contributed by atoms with Crippen LogP contribution in [-0.2, 0) is 13.0 Å². The van der Waals surface area contributed by atoms with Crippen LogP contribution in [0.2, 0.25) is 0 Å². The zero-order valence-corrected chi connectivity index (χ0v) is 18.9. The van der Waals surface area contributed by atoms with E-state index in [-0.39, 0.29) is 36.2 Å². The number of hydrogen-bond donors (Lipinski definition) is 1. The largest absolute Gasteiger partial charge is 0.507 e.